The average Bonchev–Trinajstić information content (AvgIpc) is 3.25. The van der Waals surface area contributed by atoms with Crippen molar-refractivity contribution in [2.24, 2.45) is 0 Å². The fourth-order valence-electron chi connectivity index (χ4n) is 3.15. The molecule has 1 saturated heterocycles. The number of hydrogen-bond donors (Lipinski definition) is 2. The first kappa shape index (κ1) is 13.8. The molecule has 1 fully saturated rings. The monoisotopic (exact) mass is 306 g/mol. The summed E-state index contributed by atoms with van der Waals surface area (Å²) in [7, 11) is 0. The zero-order valence-electron chi connectivity index (χ0n) is 12.7. The van der Waals surface area contributed by atoms with E-state index in [0.717, 1.165) is 35.5 Å². The molecule has 4 rings (SSSR count). The highest BCUT2D eigenvalue weighted by Gasteiger charge is 2.18. The minimum absolute atomic E-state index is 0.115. The van der Waals surface area contributed by atoms with Crippen LogP contribution >= 0.6 is 0 Å². The van der Waals surface area contributed by atoms with Gasteiger partial charge in [0.25, 0.3) is 5.91 Å². The van der Waals surface area contributed by atoms with Crippen molar-refractivity contribution >= 4 is 28.3 Å². The highest BCUT2D eigenvalue weighted by molar-refractivity contribution is 6.13. The number of para-hydroxylation sites is 2. The second kappa shape index (κ2) is 5.76. The molecule has 2 aromatic heterocycles. The molecule has 23 heavy (non-hydrogen) atoms. The van der Waals surface area contributed by atoms with Crippen LogP contribution in [0.5, 0.6) is 0 Å². The molecule has 1 aliphatic rings. The third kappa shape index (κ3) is 2.54. The molecule has 0 radical (unpaired) electrons. The SMILES string of the molecule is O=C(Nc1ccccc1N1CCCC1)c1c[nH]c2ncccc12. The standard InChI is InChI=1S/C18H18N4O/c23-18(14-12-20-17-13(14)6-5-9-19-17)21-15-7-1-2-8-16(15)22-10-3-4-11-22/h1-2,5-9,12H,3-4,10-11H2,(H,19,20)(H,21,23). The number of hydrogen-bond acceptors (Lipinski definition) is 3. The molecule has 0 unspecified atom stereocenters. The van der Waals surface area contributed by atoms with Crippen LogP contribution in [0.3, 0.4) is 0 Å². The summed E-state index contributed by atoms with van der Waals surface area (Å²) < 4.78 is 0. The fourth-order valence-corrected chi connectivity index (χ4v) is 3.15. The number of nitrogens with zero attached hydrogens (tertiary/aromatic N) is 2. The maximum atomic E-state index is 12.7. The van der Waals surface area contributed by atoms with Gasteiger partial charge in [-0.15, -0.1) is 0 Å². The maximum Gasteiger partial charge on any atom is 0.257 e. The summed E-state index contributed by atoms with van der Waals surface area (Å²) in [5.41, 5.74) is 3.30. The number of amides is 1. The van der Waals surface area contributed by atoms with Crippen LogP contribution in [0.4, 0.5) is 11.4 Å². The van der Waals surface area contributed by atoms with Crippen molar-refractivity contribution in [3.63, 3.8) is 0 Å². The molecule has 1 aromatic carbocycles. The van der Waals surface area contributed by atoms with E-state index in [1.54, 1.807) is 12.4 Å². The van der Waals surface area contributed by atoms with Crippen molar-refractivity contribution in [2.75, 3.05) is 23.3 Å². The molecule has 2 N–H and O–H groups in total. The number of pyridine rings is 1. The molecule has 3 aromatic rings. The van der Waals surface area contributed by atoms with Crippen molar-refractivity contribution in [2.45, 2.75) is 12.8 Å². The predicted octanol–water partition coefficient (Wildman–Crippen LogP) is 3.42. The number of nitrogens with one attached hydrogen (secondary N) is 2. The van der Waals surface area contributed by atoms with Crippen LogP contribution in [0.2, 0.25) is 0 Å². The quantitative estimate of drug-likeness (QED) is 0.779. The zero-order valence-corrected chi connectivity index (χ0v) is 12.7. The van der Waals surface area contributed by atoms with Crippen LogP contribution in [0.25, 0.3) is 11.0 Å². The van der Waals surface area contributed by atoms with Crippen molar-refractivity contribution in [1.29, 1.82) is 0 Å². The number of aromatic nitrogens is 2. The van der Waals surface area contributed by atoms with E-state index in [2.05, 4.69) is 26.3 Å². The second-order valence-corrected chi connectivity index (χ2v) is 5.77. The minimum atomic E-state index is -0.115. The summed E-state index contributed by atoms with van der Waals surface area (Å²) in [6.45, 7) is 2.09. The second-order valence-electron chi connectivity index (χ2n) is 5.77. The third-order valence-corrected chi connectivity index (χ3v) is 4.29. The van der Waals surface area contributed by atoms with Crippen LogP contribution < -0.4 is 10.2 Å². The molecule has 0 aliphatic carbocycles. The number of carbonyl (C=O) groups excluding carboxylic acids is 1. The van der Waals surface area contributed by atoms with Gasteiger partial charge in [0.05, 0.1) is 16.9 Å². The molecule has 0 spiro atoms. The number of fused-ring (bicyclic) bond motifs is 1. The van der Waals surface area contributed by atoms with Crippen LogP contribution in [0, 0.1) is 0 Å². The summed E-state index contributed by atoms with van der Waals surface area (Å²) >= 11 is 0. The van der Waals surface area contributed by atoms with Gasteiger partial charge in [0.15, 0.2) is 0 Å². The fraction of sp³-hybridized carbons (Fsp3) is 0.222. The molecule has 0 bridgehead atoms. The Labute approximate surface area is 134 Å². The Morgan fingerprint density at radius 2 is 1.96 bits per heavy atom. The van der Waals surface area contributed by atoms with E-state index >= 15 is 0 Å². The van der Waals surface area contributed by atoms with Crippen molar-refractivity contribution < 1.29 is 4.79 Å². The number of benzene rings is 1. The van der Waals surface area contributed by atoms with Crippen molar-refractivity contribution in [3.8, 4) is 0 Å². The van der Waals surface area contributed by atoms with Gasteiger partial charge in [0.2, 0.25) is 0 Å². The maximum absolute atomic E-state index is 12.7. The molecular weight excluding hydrogens is 288 g/mol. The van der Waals surface area contributed by atoms with Crippen molar-refractivity contribution in [3.05, 3.63) is 54.4 Å². The third-order valence-electron chi connectivity index (χ3n) is 4.29. The summed E-state index contributed by atoms with van der Waals surface area (Å²) in [5.74, 6) is -0.115. The number of aromatic amines is 1. The van der Waals surface area contributed by atoms with E-state index in [-0.39, 0.29) is 5.91 Å². The lowest BCUT2D eigenvalue weighted by Gasteiger charge is -2.21. The number of carbonyl (C=O) groups is 1. The van der Waals surface area contributed by atoms with Crippen LogP contribution in [-0.4, -0.2) is 29.0 Å². The Hall–Kier alpha value is -2.82. The number of rotatable bonds is 3. The summed E-state index contributed by atoms with van der Waals surface area (Å²) in [5, 5.41) is 3.89. The van der Waals surface area contributed by atoms with Gasteiger partial charge in [0, 0.05) is 30.9 Å². The van der Waals surface area contributed by atoms with Gasteiger partial charge in [-0.05, 0) is 37.1 Å². The Bertz CT molecular complexity index is 849. The first-order chi connectivity index (χ1) is 11.3. The number of H-pyrrole nitrogens is 1. The van der Waals surface area contributed by atoms with E-state index in [1.807, 2.05) is 30.3 Å². The highest BCUT2D eigenvalue weighted by atomic mass is 16.1. The molecule has 0 atom stereocenters. The van der Waals surface area contributed by atoms with Crippen molar-refractivity contribution in [1.82, 2.24) is 9.97 Å². The first-order valence-corrected chi connectivity index (χ1v) is 7.90. The Morgan fingerprint density at radius 1 is 1.13 bits per heavy atom. The Balaban J connectivity index is 1.64. The van der Waals surface area contributed by atoms with E-state index in [4.69, 9.17) is 0 Å². The molecule has 3 heterocycles. The van der Waals surface area contributed by atoms with E-state index < -0.39 is 0 Å². The first-order valence-electron chi connectivity index (χ1n) is 7.90. The molecule has 1 amide bonds. The highest BCUT2D eigenvalue weighted by Crippen LogP contribution is 2.29. The van der Waals surface area contributed by atoms with Gasteiger partial charge in [0.1, 0.15) is 5.65 Å². The summed E-state index contributed by atoms with van der Waals surface area (Å²) in [6.07, 6.45) is 5.83. The predicted molar refractivity (Wildman–Crippen MR) is 91.9 cm³/mol. The molecule has 5 nitrogen and oxygen atoms in total. The largest absolute Gasteiger partial charge is 0.370 e. The van der Waals surface area contributed by atoms with E-state index in [1.165, 1.54) is 12.8 Å². The average molecular weight is 306 g/mol. The smallest absolute Gasteiger partial charge is 0.257 e. The van der Waals surface area contributed by atoms with Crippen LogP contribution in [0.15, 0.2) is 48.8 Å². The topological polar surface area (TPSA) is 61.0 Å². The summed E-state index contributed by atoms with van der Waals surface area (Å²) in [6, 6.07) is 11.7. The normalized spacial score (nSPS) is 14.3. The lowest BCUT2D eigenvalue weighted by atomic mass is 10.2. The van der Waals surface area contributed by atoms with E-state index in [0.29, 0.717) is 5.56 Å². The lowest BCUT2D eigenvalue weighted by Crippen LogP contribution is -2.21. The number of anilines is 2. The van der Waals surface area contributed by atoms with E-state index in [9.17, 15) is 4.79 Å². The van der Waals surface area contributed by atoms with Gasteiger partial charge in [-0.3, -0.25) is 4.79 Å². The molecule has 0 saturated carbocycles. The van der Waals surface area contributed by atoms with Crippen LogP contribution in [-0.2, 0) is 0 Å². The molecule has 1 aliphatic heterocycles. The summed E-state index contributed by atoms with van der Waals surface area (Å²) in [4.78, 5) is 22.3. The van der Waals surface area contributed by atoms with Gasteiger partial charge in [-0.2, -0.15) is 0 Å². The van der Waals surface area contributed by atoms with Gasteiger partial charge >= 0.3 is 0 Å². The van der Waals surface area contributed by atoms with Gasteiger partial charge < -0.3 is 15.2 Å². The van der Waals surface area contributed by atoms with Crippen LogP contribution in [0.1, 0.15) is 23.2 Å². The zero-order chi connectivity index (χ0) is 15.6. The van der Waals surface area contributed by atoms with Gasteiger partial charge in [-0.25, -0.2) is 4.98 Å². The molecule has 116 valence electrons. The molecule has 5 heteroatoms. The lowest BCUT2D eigenvalue weighted by molar-refractivity contribution is 0.102. The Kier molecular flexibility index (Phi) is 3.46. The minimum Gasteiger partial charge on any atom is -0.370 e. The van der Waals surface area contributed by atoms with Gasteiger partial charge in [-0.1, -0.05) is 12.1 Å². The Morgan fingerprint density at radius 3 is 2.83 bits per heavy atom. The molecular formula is C18H18N4O.